The van der Waals surface area contributed by atoms with Crippen molar-refractivity contribution in [2.75, 3.05) is 7.11 Å². The van der Waals surface area contributed by atoms with Crippen molar-refractivity contribution in [3.05, 3.63) is 34.4 Å². The van der Waals surface area contributed by atoms with Crippen LogP contribution in [0, 0.1) is 22.7 Å². The van der Waals surface area contributed by atoms with E-state index in [2.05, 4.69) is 12.1 Å². The predicted octanol–water partition coefficient (Wildman–Crippen LogP) is 2.97. The lowest BCUT2D eigenvalue weighted by Crippen LogP contribution is -2.68. The molecule has 0 spiro atoms. The number of hydrogen-bond donors (Lipinski definition) is 3. The van der Waals surface area contributed by atoms with Crippen molar-refractivity contribution in [1.82, 2.24) is 0 Å². The highest BCUT2D eigenvalue weighted by Crippen LogP contribution is 2.70. The van der Waals surface area contributed by atoms with E-state index in [0.29, 0.717) is 32.1 Å². The van der Waals surface area contributed by atoms with Crippen molar-refractivity contribution in [3.63, 3.8) is 0 Å². The summed E-state index contributed by atoms with van der Waals surface area (Å²) in [7, 11) is 1.51. The van der Waals surface area contributed by atoms with Crippen LogP contribution in [0.4, 0.5) is 0 Å². The van der Waals surface area contributed by atoms with E-state index >= 15 is 0 Å². The Balaban J connectivity index is 1.54. The van der Waals surface area contributed by atoms with Gasteiger partial charge >= 0.3 is 5.63 Å². The molecule has 0 amide bonds. The van der Waals surface area contributed by atoms with E-state index in [0.717, 1.165) is 31.2 Å². The Morgan fingerprint density at radius 2 is 1.88 bits per heavy atom. The fourth-order valence-corrected chi connectivity index (χ4v) is 8.42. The normalized spacial score (nSPS) is 48.2. The van der Waals surface area contributed by atoms with E-state index in [1.54, 1.807) is 12.5 Å². The first-order valence-corrected chi connectivity index (χ1v) is 12.0. The predicted molar refractivity (Wildman–Crippen MR) is 118 cm³/mol. The van der Waals surface area contributed by atoms with Gasteiger partial charge in [0.15, 0.2) is 0 Å². The maximum Gasteiger partial charge on any atom is 0.335 e. The molecule has 7 heteroatoms. The van der Waals surface area contributed by atoms with Gasteiger partial charge in [-0.2, -0.15) is 0 Å². The molecule has 1 aromatic heterocycles. The topological polar surface area (TPSA) is 112 Å². The molecule has 0 saturated heterocycles. The van der Waals surface area contributed by atoms with Crippen molar-refractivity contribution in [1.29, 1.82) is 0 Å². The average molecular weight is 446 g/mol. The van der Waals surface area contributed by atoms with Crippen LogP contribution in [0.2, 0.25) is 0 Å². The summed E-state index contributed by atoms with van der Waals surface area (Å²) in [5.74, 6) is 0.217. The average Bonchev–Trinajstić information content (AvgIpc) is 3.04. The standard InChI is InChI=1S/C25H35NO6/c1-22-9-6-19-20(25(22,30)12-8-18(22)16-3-4-21(28)32-14-16)7-11-24(29)13-17(27)5-10-23(19,24)15-26-31-2/h3-4,14-15,17-20,27,29-30H,5-13H2,1-2H3/b26-15+/t17-,18+,19-,20+,22+,23-,24-,25-/m0/s1. The van der Waals surface area contributed by atoms with E-state index in [1.165, 1.54) is 13.2 Å². The Hall–Kier alpha value is -1.70. The number of aliphatic hydroxyl groups is 3. The smallest absolute Gasteiger partial charge is 0.335 e. The molecule has 0 bridgehead atoms. The number of oxime groups is 1. The van der Waals surface area contributed by atoms with Crippen LogP contribution < -0.4 is 5.63 Å². The van der Waals surface area contributed by atoms with E-state index in [1.807, 2.05) is 6.07 Å². The minimum Gasteiger partial charge on any atom is -0.431 e. The number of fused-ring (bicyclic) bond motifs is 5. The molecule has 0 aromatic carbocycles. The highest BCUT2D eigenvalue weighted by Gasteiger charge is 2.70. The Morgan fingerprint density at radius 1 is 1.09 bits per heavy atom. The molecule has 4 aliphatic carbocycles. The lowest BCUT2D eigenvalue weighted by molar-refractivity contribution is -0.236. The second kappa shape index (κ2) is 7.40. The Bertz CT molecular complexity index is 942. The van der Waals surface area contributed by atoms with Gasteiger partial charge in [-0.1, -0.05) is 12.1 Å². The van der Waals surface area contributed by atoms with Crippen LogP contribution in [-0.2, 0) is 4.84 Å². The van der Waals surface area contributed by atoms with Crippen LogP contribution in [0.3, 0.4) is 0 Å². The molecule has 4 aliphatic rings. The summed E-state index contributed by atoms with van der Waals surface area (Å²) in [4.78, 5) is 16.5. The number of nitrogens with zero attached hydrogens (tertiary/aromatic N) is 1. The van der Waals surface area contributed by atoms with Gasteiger partial charge in [-0.05, 0) is 80.8 Å². The first-order chi connectivity index (χ1) is 15.2. The first-order valence-electron chi connectivity index (χ1n) is 12.0. The van der Waals surface area contributed by atoms with Crippen molar-refractivity contribution in [2.24, 2.45) is 27.8 Å². The molecule has 1 heterocycles. The summed E-state index contributed by atoms with van der Waals surface area (Å²) < 4.78 is 5.16. The molecule has 4 fully saturated rings. The third-order valence-electron chi connectivity index (χ3n) is 10.0. The summed E-state index contributed by atoms with van der Waals surface area (Å²) in [6.45, 7) is 2.19. The Labute approximate surface area is 188 Å². The van der Waals surface area contributed by atoms with E-state index in [4.69, 9.17) is 9.25 Å². The minimum absolute atomic E-state index is 0.0285. The van der Waals surface area contributed by atoms with Crippen molar-refractivity contribution in [3.8, 4) is 0 Å². The highest BCUT2D eigenvalue weighted by atomic mass is 16.6. The molecular weight excluding hydrogens is 410 g/mol. The van der Waals surface area contributed by atoms with Crippen LogP contribution in [0.15, 0.2) is 32.8 Å². The summed E-state index contributed by atoms with van der Waals surface area (Å²) >= 11 is 0. The molecule has 1 aromatic rings. The Morgan fingerprint density at radius 3 is 2.59 bits per heavy atom. The molecule has 0 aliphatic heterocycles. The maximum atomic E-state index is 12.3. The van der Waals surface area contributed by atoms with Gasteiger partial charge in [0, 0.05) is 23.3 Å². The fourth-order valence-electron chi connectivity index (χ4n) is 8.42. The molecule has 8 atom stereocenters. The molecular formula is C25H35NO6. The van der Waals surface area contributed by atoms with Gasteiger partial charge in [-0.3, -0.25) is 0 Å². The van der Waals surface area contributed by atoms with Crippen LogP contribution >= 0.6 is 0 Å². The minimum atomic E-state index is -1.04. The highest BCUT2D eigenvalue weighted by molar-refractivity contribution is 5.69. The van der Waals surface area contributed by atoms with Crippen molar-refractivity contribution >= 4 is 6.21 Å². The largest absolute Gasteiger partial charge is 0.431 e. The summed E-state index contributed by atoms with van der Waals surface area (Å²) in [6.07, 6.45) is 8.89. The number of rotatable bonds is 3. The van der Waals surface area contributed by atoms with E-state index in [-0.39, 0.29) is 28.8 Å². The second-order valence-corrected chi connectivity index (χ2v) is 11.0. The zero-order chi connectivity index (χ0) is 22.8. The zero-order valence-electron chi connectivity index (χ0n) is 19.0. The van der Waals surface area contributed by atoms with Crippen molar-refractivity contribution < 1.29 is 24.6 Å². The lowest BCUT2D eigenvalue weighted by atomic mass is 9.41. The molecule has 176 valence electrons. The fraction of sp³-hybridized carbons (Fsp3) is 0.760. The zero-order valence-corrected chi connectivity index (χ0v) is 19.0. The van der Waals surface area contributed by atoms with Crippen molar-refractivity contribution in [2.45, 2.75) is 87.9 Å². The van der Waals surface area contributed by atoms with Gasteiger partial charge in [0.2, 0.25) is 0 Å². The molecule has 3 N–H and O–H groups in total. The van der Waals surface area contributed by atoms with Gasteiger partial charge in [0.1, 0.15) is 7.11 Å². The Kier molecular flexibility index (Phi) is 5.12. The van der Waals surface area contributed by atoms with E-state index in [9.17, 15) is 20.1 Å². The lowest BCUT2D eigenvalue weighted by Gasteiger charge is -2.65. The van der Waals surface area contributed by atoms with Crippen LogP contribution in [0.25, 0.3) is 0 Å². The molecule has 7 nitrogen and oxygen atoms in total. The summed E-state index contributed by atoms with van der Waals surface area (Å²) in [5.41, 5.74) is -2.25. The first kappa shape index (κ1) is 22.1. The summed E-state index contributed by atoms with van der Waals surface area (Å²) in [5, 5.41) is 38.6. The van der Waals surface area contributed by atoms with E-state index < -0.39 is 22.7 Å². The third kappa shape index (κ3) is 2.83. The van der Waals surface area contributed by atoms with Gasteiger partial charge < -0.3 is 24.6 Å². The molecule has 32 heavy (non-hydrogen) atoms. The van der Waals surface area contributed by atoms with Gasteiger partial charge in [-0.15, -0.1) is 0 Å². The third-order valence-corrected chi connectivity index (χ3v) is 10.0. The number of hydrogen-bond acceptors (Lipinski definition) is 7. The molecule has 0 radical (unpaired) electrons. The number of aliphatic hydroxyl groups excluding tert-OH is 1. The van der Waals surface area contributed by atoms with Crippen LogP contribution in [0.5, 0.6) is 0 Å². The van der Waals surface area contributed by atoms with Gasteiger partial charge in [-0.25, -0.2) is 4.79 Å². The quantitative estimate of drug-likeness (QED) is 0.487. The maximum absolute atomic E-state index is 12.3. The molecule has 5 rings (SSSR count). The van der Waals surface area contributed by atoms with Crippen LogP contribution in [-0.4, -0.2) is 46.0 Å². The summed E-state index contributed by atoms with van der Waals surface area (Å²) in [6, 6.07) is 3.31. The molecule has 0 unspecified atom stereocenters. The second-order valence-electron chi connectivity index (χ2n) is 11.0. The monoisotopic (exact) mass is 445 g/mol. The molecule has 4 saturated carbocycles. The van der Waals surface area contributed by atoms with Gasteiger partial charge in [0.05, 0.1) is 29.8 Å². The van der Waals surface area contributed by atoms with Crippen LogP contribution in [0.1, 0.15) is 76.2 Å². The van der Waals surface area contributed by atoms with Gasteiger partial charge in [0.25, 0.3) is 0 Å². The SMILES string of the molecule is CO/N=C/[C@]12CC[C@H](O)C[C@@]1(O)CC[C@@H]1[C@@H]2CC[C@]2(C)[C@@H](c3ccc(=O)oc3)CC[C@]12O.